The minimum absolute atomic E-state index is 0.123. The topological polar surface area (TPSA) is 112 Å². The molecule has 0 spiro atoms. The Bertz CT molecular complexity index is 1330. The molecule has 0 atom stereocenters. The fourth-order valence-electron chi connectivity index (χ4n) is 3.94. The molecule has 1 saturated heterocycles. The van der Waals surface area contributed by atoms with E-state index in [9.17, 15) is 14.9 Å². The van der Waals surface area contributed by atoms with Gasteiger partial charge in [0.2, 0.25) is 0 Å². The molecule has 2 aromatic heterocycles. The summed E-state index contributed by atoms with van der Waals surface area (Å²) in [5.41, 5.74) is 9.52. The second-order valence-corrected chi connectivity index (χ2v) is 8.98. The van der Waals surface area contributed by atoms with Crippen LogP contribution in [-0.4, -0.2) is 47.7 Å². The van der Waals surface area contributed by atoms with Crippen molar-refractivity contribution in [2.45, 2.75) is 20.8 Å². The maximum Gasteiger partial charge on any atom is 0.289 e. The molecule has 3 aromatic rings. The van der Waals surface area contributed by atoms with Gasteiger partial charge in [0.05, 0.1) is 13.2 Å². The monoisotopic (exact) mass is 490 g/mol. The number of carbonyl (C=O) groups is 2. The number of nitrogens with zero attached hydrogens (tertiary/aromatic N) is 4. The third-order valence-electron chi connectivity index (χ3n) is 5.79. The number of anilines is 1. The number of carbonyl (C=O) groups excluding carboxylic acids is 2. The normalized spacial score (nSPS) is 13.9. The molecule has 3 heterocycles. The molecule has 1 aromatic carbocycles. The summed E-state index contributed by atoms with van der Waals surface area (Å²) < 4.78 is 7.42. The molecule has 9 nitrogen and oxygen atoms in total. The minimum Gasteiger partial charge on any atom is -0.378 e. The van der Waals surface area contributed by atoms with Crippen LogP contribution in [0.2, 0.25) is 0 Å². The van der Waals surface area contributed by atoms with Gasteiger partial charge in [0.1, 0.15) is 17.3 Å². The van der Waals surface area contributed by atoms with Crippen molar-refractivity contribution >= 4 is 34.4 Å². The largest absolute Gasteiger partial charge is 0.378 e. The molecular formula is C25H26N6O3S. The number of hydrogen-bond acceptors (Lipinski definition) is 7. The Morgan fingerprint density at radius 3 is 2.63 bits per heavy atom. The zero-order valence-corrected chi connectivity index (χ0v) is 20.6. The standard InChI is InChI=1S/C25H26N6O3S/c1-16-6-4-5-7-22(16)31-17(2)12-19(18(31)3)13-20(14-26)23(32)28-29-24(33)21-15-35-25(27-21)30-8-10-34-11-9-30/h4-7,12-13,15H,8-11H2,1-3H3,(H,28,32)(H,29,33)/b20-13-. The van der Waals surface area contributed by atoms with E-state index in [4.69, 9.17) is 4.74 Å². The highest BCUT2D eigenvalue weighted by molar-refractivity contribution is 7.13. The first-order valence-electron chi connectivity index (χ1n) is 11.1. The lowest BCUT2D eigenvalue weighted by Crippen LogP contribution is -2.42. The Morgan fingerprint density at radius 2 is 1.91 bits per heavy atom. The highest BCUT2D eigenvalue weighted by Gasteiger charge is 2.19. The van der Waals surface area contributed by atoms with Crippen LogP contribution in [0.3, 0.4) is 0 Å². The molecule has 4 rings (SSSR count). The number of amides is 2. The molecule has 0 bridgehead atoms. The van der Waals surface area contributed by atoms with Gasteiger partial charge >= 0.3 is 0 Å². The highest BCUT2D eigenvalue weighted by atomic mass is 32.1. The molecule has 0 saturated carbocycles. The van der Waals surface area contributed by atoms with E-state index in [0.29, 0.717) is 26.3 Å². The minimum atomic E-state index is -0.704. The van der Waals surface area contributed by atoms with Gasteiger partial charge in [-0.05, 0) is 50.1 Å². The number of thiazole rings is 1. The van der Waals surface area contributed by atoms with Gasteiger partial charge in [0.25, 0.3) is 11.8 Å². The van der Waals surface area contributed by atoms with Crippen LogP contribution in [0.1, 0.15) is 33.0 Å². The van der Waals surface area contributed by atoms with Crippen LogP contribution >= 0.6 is 11.3 Å². The summed E-state index contributed by atoms with van der Waals surface area (Å²) in [4.78, 5) is 31.5. The summed E-state index contributed by atoms with van der Waals surface area (Å²) in [6.07, 6.45) is 1.53. The lowest BCUT2D eigenvalue weighted by Gasteiger charge is -2.25. The fourth-order valence-corrected chi connectivity index (χ4v) is 4.80. The SMILES string of the molecule is Cc1ccccc1-n1c(C)cc(/C=C(/C#N)C(=O)NNC(=O)c2csc(N3CCOCC3)n2)c1C. The zero-order valence-electron chi connectivity index (χ0n) is 19.8. The smallest absolute Gasteiger partial charge is 0.289 e. The van der Waals surface area contributed by atoms with Crippen LogP contribution in [0.5, 0.6) is 0 Å². The van der Waals surface area contributed by atoms with Crippen LogP contribution in [0.25, 0.3) is 11.8 Å². The molecule has 180 valence electrons. The molecule has 0 unspecified atom stereocenters. The van der Waals surface area contributed by atoms with E-state index < -0.39 is 11.8 Å². The van der Waals surface area contributed by atoms with Crippen molar-refractivity contribution in [2.75, 3.05) is 31.2 Å². The number of hydrogen-bond donors (Lipinski definition) is 2. The molecular weight excluding hydrogens is 464 g/mol. The molecule has 10 heteroatoms. The van der Waals surface area contributed by atoms with Gasteiger partial charge in [0.15, 0.2) is 5.13 Å². The van der Waals surface area contributed by atoms with E-state index in [1.54, 1.807) is 5.38 Å². The summed E-state index contributed by atoms with van der Waals surface area (Å²) in [7, 11) is 0. The van der Waals surface area contributed by atoms with Crippen LogP contribution in [0.4, 0.5) is 5.13 Å². The third kappa shape index (κ3) is 5.26. The predicted molar refractivity (Wildman–Crippen MR) is 134 cm³/mol. The van der Waals surface area contributed by atoms with Crippen LogP contribution in [-0.2, 0) is 9.53 Å². The van der Waals surface area contributed by atoms with Gasteiger partial charge in [0, 0.05) is 35.5 Å². The van der Waals surface area contributed by atoms with E-state index in [1.165, 1.54) is 17.4 Å². The van der Waals surface area contributed by atoms with Crippen LogP contribution < -0.4 is 15.8 Å². The second-order valence-electron chi connectivity index (χ2n) is 8.14. The van der Waals surface area contributed by atoms with Crippen LogP contribution in [0.15, 0.2) is 41.3 Å². The second kappa shape index (κ2) is 10.5. The first-order valence-corrected chi connectivity index (χ1v) is 12.0. The Balaban J connectivity index is 1.45. The maximum absolute atomic E-state index is 12.6. The number of nitrogens with one attached hydrogen (secondary N) is 2. The quantitative estimate of drug-likeness (QED) is 0.323. The van der Waals surface area contributed by atoms with Gasteiger partial charge in [-0.1, -0.05) is 18.2 Å². The van der Waals surface area contributed by atoms with Crippen molar-refractivity contribution in [1.29, 1.82) is 5.26 Å². The number of morpholine rings is 1. The molecule has 1 aliphatic rings. The summed E-state index contributed by atoms with van der Waals surface area (Å²) in [6.45, 7) is 8.61. The van der Waals surface area contributed by atoms with Crippen molar-refractivity contribution in [3.63, 3.8) is 0 Å². The number of hydrazine groups is 1. The first-order chi connectivity index (χ1) is 16.9. The summed E-state index contributed by atoms with van der Waals surface area (Å²) in [6, 6.07) is 11.9. The molecule has 1 aliphatic heterocycles. The molecule has 1 fully saturated rings. The van der Waals surface area contributed by atoms with E-state index >= 15 is 0 Å². The summed E-state index contributed by atoms with van der Waals surface area (Å²) >= 11 is 1.36. The zero-order chi connectivity index (χ0) is 24.9. The van der Waals surface area contributed by atoms with E-state index in [1.807, 2.05) is 62.1 Å². The number of aryl methyl sites for hydroxylation is 2. The number of aromatic nitrogens is 2. The number of benzene rings is 1. The van der Waals surface area contributed by atoms with Crippen molar-refractivity contribution in [3.05, 3.63) is 69.5 Å². The predicted octanol–water partition coefficient (Wildman–Crippen LogP) is 3.06. The summed E-state index contributed by atoms with van der Waals surface area (Å²) in [5, 5.41) is 12.0. The fraction of sp³-hybridized carbons (Fsp3) is 0.280. The number of rotatable bonds is 5. The summed E-state index contributed by atoms with van der Waals surface area (Å²) in [5.74, 6) is -1.26. The number of nitriles is 1. The van der Waals surface area contributed by atoms with E-state index in [0.717, 1.165) is 33.3 Å². The van der Waals surface area contributed by atoms with Gasteiger partial charge in [-0.15, -0.1) is 11.3 Å². The van der Waals surface area contributed by atoms with Gasteiger partial charge < -0.3 is 14.2 Å². The molecule has 0 aliphatic carbocycles. The van der Waals surface area contributed by atoms with Crippen molar-refractivity contribution < 1.29 is 14.3 Å². The Hall–Kier alpha value is -3.94. The van der Waals surface area contributed by atoms with Gasteiger partial charge in [-0.2, -0.15) is 5.26 Å². The number of ether oxygens (including phenoxy) is 1. The maximum atomic E-state index is 12.6. The van der Waals surface area contributed by atoms with Gasteiger partial charge in [-0.3, -0.25) is 20.4 Å². The van der Waals surface area contributed by atoms with Crippen LogP contribution in [0, 0.1) is 32.1 Å². The molecule has 2 N–H and O–H groups in total. The van der Waals surface area contributed by atoms with Crippen molar-refractivity contribution in [2.24, 2.45) is 0 Å². The Kier molecular flexibility index (Phi) is 7.29. The average molecular weight is 491 g/mol. The molecule has 0 radical (unpaired) electrons. The molecule has 2 amide bonds. The average Bonchev–Trinajstić information content (AvgIpc) is 3.47. The number of para-hydroxylation sites is 1. The Morgan fingerprint density at radius 1 is 1.17 bits per heavy atom. The van der Waals surface area contributed by atoms with Crippen molar-refractivity contribution in [3.8, 4) is 11.8 Å². The van der Waals surface area contributed by atoms with Crippen molar-refractivity contribution in [1.82, 2.24) is 20.4 Å². The third-order valence-corrected chi connectivity index (χ3v) is 6.69. The van der Waals surface area contributed by atoms with E-state index in [-0.39, 0.29) is 11.3 Å². The first kappa shape index (κ1) is 24.2. The lowest BCUT2D eigenvalue weighted by atomic mass is 10.1. The molecule has 35 heavy (non-hydrogen) atoms. The highest BCUT2D eigenvalue weighted by Crippen LogP contribution is 2.25. The lowest BCUT2D eigenvalue weighted by molar-refractivity contribution is -0.117. The van der Waals surface area contributed by atoms with Gasteiger partial charge in [-0.25, -0.2) is 4.98 Å². The van der Waals surface area contributed by atoms with E-state index in [2.05, 4.69) is 20.4 Å². The Labute approximate surface area is 207 Å².